The first-order valence-electron chi connectivity index (χ1n) is 6.64. The molecule has 1 saturated heterocycles. The Morgan fingerprint density at radius 3 is 2.75 bits per heavy atom. The average Bonchev–Trinajstić information content (AvgIpc) is 2.38. The number of nitrogens with one attached hydrogen (secondary N) is 1. The molecule has 110 valence electrons. The maximum absolute atomic E-state index is 11.8. The van der Waals surface area contributed by atoms with Gasteiger partial charge in [0.25, 0.3) is 0 Å². The van der Waals surface area contributed by atoms with Gasteiger partial charge in [0.05, 0.1) is 17.9 Å². The summed E-state index contributed by atoms with van der Waals surface area (Å²) in [5, 5.41) is 3.04. The number of hydrogen-bond donors (Lipinski definition) is 1. The molecule has 1 fully saturated rings. The molecule has 1 heterocycles. The molecule has 2 rings (SSSR count). The van der Waals surface area contributed by atoms with Crippen molar-refractivity contribution in [2.24, 2.45) is 0 Å². The number of rotatable bonds is 4. The monoisotopic (exact) mass is 297 g/mol. The van der Waals surface area contributed by atoms with Crippen molar-refractivity contribution in [1.29, 1.82) is 0 Å². The molecular formula is C14H19NO4S. The molecule has 2 unspecified atom stereocenters. The van der Waals surface area contributed by atoms with Crippen LogP contribution in [0.5, 0.6) is 0 Å². The molecule has 1 N–H and O–H groups in total. The summed E-state index contributed by atoms with van der Waals surface area (Å²) in [4.78, 5) is 11.8. The fourth-order valence-electron chi connectivity index (χ4n) is 2.24. The van der Waals surface area contributed by atoms with Crippen LogP contribution in [0.3, 0.4) is 0 Å². The van der Waals surface area contributed by atoms with E-state index in [1.165, 1.54) is 0 Å². The lowest BCUT2D eigenvalue weighted by molar-refractivity contribution is -0.149. The number of ether oxygens (including phenoxy) is 1. The van der Waals surface area contributed by atoms with Crippen LogP contribution in [0.15, 0.2) is 30.3 Å². The quantitative estimate of drug-likeness (QED) is 0.842. The van der Waals surface area contributed by atoms with Crippen molar-refractivity contribution in [1.82, 2.24) is 5.32 Å². The molecule has 0 radical (unpaired) electrons. The molecule has 0 amide bonds. The normalized spacial score (nSPS) is 22.9. The minimum Gasteiger partial charge on any atom is -0.458 e. The number of benzene rings is 1. The van der Waals surface area contributed by atoms with Crippen LogP contribution in [0.25, 0.3) is 0 Å². The maximum atomic E-state index is 11.8. The summed E-state index contributed by atoms with van der Waals surface area (Å²) in [6.45, 7) is 2.20. The van der Waals surface area contributed by atoms with E-state index in [0.29, 0.717) is 6.54 Å². The van der Waals surface area contributed by atoms with Crippen LogP contribution in [-0.4, -0.2) is 38.5 Å². The highest BCUT2D eigenvalue weighted by atomic mass is 32.2. The lowest BCUT2D eigenvalue weighted by Gasteiger charge is -2.23. The van der Waals surface area contributed by atoms with Gasteiger partial charge in [0, 0.05) is 12.6 Å². The third-order valence-electron chi connectivity index (χ3n) is 3.29. The zero-order chi connectivity index (χ0) is 14.6. The average molecular weight is 297 g/mol. The molecule has 0 aliphatic carbocycles. The maximum Gasteiger partial charge on any atom is 0.308 e. The number of esters is 1. The van der Waals surface area contributed by atoms with Crippen molar-refractivity contribution in [2.75, 3.05) is 18.1 Å². The van der Waals surface area contributed by atoms with Gasteiger partial charge in [-0.15, -0.1) is 0 Å². The lowest BCUT2D eigenvalue weighted by atomic mass is 10.1. The van der Waals surface area contributed by atoms with E-state index >= 15 is 0 Å². The van der Waals surface area contributed by atoms with E-state index in [9.17, 15) is 13.2 Å². The molecule has 1 aromatic carbocycles. The van der Waals surface area contributed by atoms with Gasteiger partial charge < -0.3 is 10.1 Å². The zero-order valence-corrected chi connectivity index (χ0v) is 12.2. The van der Waals surface area contributed by atoms with Gasteiger partial charge in [0.1, 0.15) is 6.10 Å². The molecule has 5 nitrogen and oxygen atoms in total. The van der Waals surface area contributed by atoms with Crippen LogP contribution in [0.2, 0.25) is 0 Å². The smallest absolute Gasteiger partial charge is 0.308 e. The summed E-state index contributed by atoms with van der Waals surface area (Å²) in [5.41, 5.74) is 0.921. The van der Waals surface area contributed by atoms with Gasteiger partial charge in [0.15, 0.2) is 9.84 Å². The number of hydrogen-bond acceptors (Lipinski definition) is 5. The van der Waals surface area contributed by atoms with Crippen molar-refractivity contribution in [3.8, 4) is 0 Å². The van der Waals surface area contributed by atoms with Gasteiger partial charge in [-0.1, -0.05) is 30.3 Å². The molecule has 0 saturated carbocycles. The fourth-order valence-corrected chi connectivity index (χ4v) is 3.68. The van der Waals surface area contributed by atoms with E-state index in [4.69, 9.17) is 4.74 Å². The Balaban J connectivity index is 1.86. The molecular weight excluding hydrogens is 278 g/mol. The van der Waals surface area contributed by atoms with E-state index in [1.54, 1.807) is 6.92 Å². The largest absolute Gasteiger partial charge is 0.458 e. The van der Waals surface area contributed by atoms with E-state index in [0.717, 1.165) is 5.56 Å². The first-order valence-corrected chi connectivity index (χ1v) is 8.46. The highest BCUT2D eigenvalue weighted by molar-refractivity contribution is 7.91. The first-order chi connectivity index (χ1) is 9.46. The molecule has 6 heteroatoms. The Kier molecular flexibility index (Phi) is 4.77. The Labute approximate surface area is 119 Å². The van der Waals surface area contributed by atoms with Crippen LogP contribution >= 0.6 is 0 Å². The second kappa shape index (κ2) is 6.37. The third kappa shape index (κ3) is 4.31. The van der Waals surface area contributed by atoms with Crippen LogP contribution in [0.4, 0.5) is 0 Å². The van der Waals surface area contributed by atoms with Gasteiger partial charge in [-0.3, -0.25) is 4.79 Å². The Morgan fingerprint density at radius 1 is 1.40 bits per heavy atom. The second-order valence-electron chi connectivity index (χ2n) is 5.01. The minimum atomic E-state index is -3.03. The van der Waals surface area contributed by atoms with Crippen molar-refractivity contribution in [3.63, 3.8) is 0 Å². The third-order valence-corrected chi connectivity index (χ3v) is 5.03. The predicted molar refractivity (Wildman–Crippen MR) is 76.0 cm³/mol. The summed E-state index contributed by atoms with van der Waals surface area (Å²) >= 11 is 0. The van der Waals surface area contributed by atoms with Crippen molar-refractivity contribution >= 4 is 15.8 Å². The number of carbonyl (C=O) groups excluding carboxylic acids is 1. The molecule has 1 aliphatic rings. The van der Waals surface area contributed by atoms with Gasteiger partial charge >= 0.3 is 5.97 Å². The Hall–Kier alpha value is -1.40. The molecule has 1 aliphatic heterocycles. The summed E-state index contributed by atoms with van der Waals surface area (Å²) in [6, 6.07) is 9.10. The van der Waals surface area contributed by atoms with E-state index in [1.807, 2.05) is 30.3 Å². The van der Waals surface area contributed by atoms with E-state index in [2.05, 4.69) is 5.32 Å². The molecule has 0 bridgehead atoms. The summed E-state index contributed by atoms with van der Waals surface area (Å²) in [6.07, 6.45) is -0.250. The number of sulfone groups is 1. The Bertz CT molecular complexity index is 556. The lowest BCUT2D eigenvalue weighted by Crippen LogP contribution is -2.46. The SMILES string of the molecule is CC(OC(=O)CC1CS(=O)(=O)CCN1)c1ccccc1. The van der Waals surface area contributed by atoms with Crippen LogP contribution in [-0.2, 0) is 19.4 Å². The van der Waals surface area contributed by atoms with Gasteiger partial charge in [-0.25, -0.2) is 8.42 Å². The highest BCUT2D eigenvalue weighted by Gasteiger charge is 2.27. The topological polar surface area (TPSA) is 72.5 Å². The second-order valence-corrected chi connectivity index (χ2v) is 7.24. The summed E-state index contributed by atoms with van der Waals surface area (Å²) in [5.74, 6) is -0.239. The fraction of sp³-hybridized carbons (Fsp3) is 0.500. The van der Waals surface area contributed by atoms with E-state index in [-0.39, 0.29) is 36.0 Å². The van der Waals surface area contributed by atoms with Crippen molar-refractivity contribution in [3.05, 3.63) is 35.9 Å². The first kappa shape index (κ1) is 15.0. The molecule has 0 aromatic heterocycles. The van der Waals surface area contributed by atoms with Gasteiger partial charge in [-0.2, -0.15) is 0 Å². The van der Waals surface area contributed by atoms with Gasteiger partial charge in [0.2, 0.25) is 0 Å². The summed E-state index contributed by atoms with van der Waals surface area (Å²) in [7, 11) is -3.03. The highest BCUT2D eigenvalue weighted by Crippen LogP contribution is 2.17. The summed E-state index contributed by atoms with van der Waals surface area (Å²) < 4.78 is 28.3. The molecule has 20 heavy (non-hydrogen) atoms. The Morgan fingerprint density at radius 2 is 2.10 bits per heavy atom. The molecule has 1 aromatic rings. The van der Waals surface area contributed by atoms with Crippen LogP contribution in [0, 0.1) is 0 Å². The molecule has 0 spiro atoms. The van der Waals surface area contributed by atoms with E-state index < -0.39 is 9.84 Å². The number of carbonyl (C=O) groups is 1. The predicted octanol–water partition coefficient (Wildman–Crippen LogP) is 1.07. The van der Waals surface area contributed by atoms with Crippen molar-refractivity contribution in [2.45, 2.75) is 25.5 Å². The zero-order valence-electron chi connectivity index (χ0n) is 11.4. The van der Waals surface area contributed by atoms with Crippen LogP contribution < -0.4 is 5.32 Å². The minimum absolute atomic E-state index is 0.00180. The van der Waals surface area contributed by atoms with Gasteiger partial charge in [-0.05, 0) is 12.5 Å². The standard InChI is InChI=1S/C14H19NO4S/c1-11(12-5-3-2-4-6-12)19-14(16)9-13-10-20(17,18)8-7-15-13/h2-6,11,13,15H,7-10H2,1H3. The van der Waals surface area contributed by atoms with Crippen molar-refractivity contribution < 1.29 is 17.9 Å². The molecule has 2 atom stereocenters. The van der Waals surface area contributed by atoms with Crippen LogP contribution in [0.1, 0.15) is 25.0 Å².